The summed E-state index contributed by atoms with van der Waals surface area (Å²) in [6.45, 7) is 1.10. The number of aryl methyl sites for hydroxylation is 1. The first-order chi connectivity index (χ1) is 23.8. The normalized spacial score (nSPS) is 19.9. The Balaban J connectivity index is 1.55. The minimum absolute atomic E-state index is 0.0123. The number of likely N-dealkylation sites (N-methyl/N-ethyl adjacent to an activating group) is 1. The third kappa shape index (κ3) is 9.42. The molecular weight excluding hydrogens is 640 g/mol. The number of carbonyl (C=O) groups excluding carboxylic acids is 3. The minimum Gasteiger partial charge on any atom is -0.361 e. The van der Waals surface area contributed by atoms with E-state index in [1.54, 1.807) is 11.9 Å². The number of unbranched alkanes of at least 4 members (excludes halogenated alkanes) is 1. The van der Waals surface area contributed by atoms with Gasteiger partial charge in [0, 0.05) is 66.3 Å². The van der Waals surface area contributed by atoms with E-state index in [-0.39, 0.29) is 36.9 Å². The molecule has 9 nitrogen and oxygen atoms in total. The zero-order chi connectivity index (χ0) is 34.8. The number of amides is 1. The van der Waals surface area contributed by atoms with Crippen LogP contribution in [0.4, 0.5) is 4.39 Å². The van der Waals surface area contributed by atoms with Crippen molar-refractivity contribution in [3.8, 4) is 0 Å². The molecule has 1 aliphatic rings. The highest BCUT2D eigenvalue weighted by molar-refractivity contribution is 7.99. The molecule has 4 aromatic rings. The molecule has 0 saturated carbocycles. The standard InChI is InChI=1S/C38H47FN6O3S/c1-45-33(20-27-22-42-31-12-4-3-11-30(27)31)34(46)16-15-25-9-2-5-14-36(25)49-37-28(19-29(39)24-44-37)23-43-32(13-8-18-41)35(47)21-26(38(45)48)10-6-7-17-40/h2-5,9,11-12,14,19,22,24,26,32-33,42-43H,6-8,10,13,15-18,20-21,23,40-41H2,1H3/t26-,32+,33+/m1/s1. The molecule has 11 heteroatoms. The molecule has 0 fully saturated rings. The summed E-state index contributed by atoms with van der Waals surface area (Å²) in [5, 5.41) is 4.98. The molecule has 3 atom stereocenters. The second-order valence-corrected chi connectivity index (χ2v) is 13.9. The number of nitrogens with two attached hydrogens (primary N) is 2. The fourth-order valence-corrected chi connectivity index (χ4v) is 7.63. The maximum absolute atomic E-state index is 14.5. The number of para-hydroxylation sites is 1. The first-order valence-electron chi connectivity index (χ1n) is 17.2. The Morgan fingerprint density at radius 1 is 0.939 bits per heavy atom. The number of ketones is 2. The van der Waals surface area contributed by atoms with E-state index in [0.29, 0.717) is 62.2 Å². The molecule has 0 radical (unpaired) electrons. The largest absolute Gasteiger partial charge is 0.361 e. The topological polar surface area (TPSA) is 147 Å². The van der Waals surface area contributed by atoms with Crippen LogP contribution in [0.2, 0.25) is 0 Å². The number of Topliss-reactive ketones (excluding diaryl/α,β-unsaturated/α-hetero) is 2. The van der Waals surface area contributed by atoms with Crippen molar-refractivity contribution in [3.63, 3.8) is 0 Å². The number of aromatic nitrogens is 2. The van der Waals surface area contributed by atoms with Crippen LogP contribution in [0.5, 0.6) is 0 Å². The second kappa shape index (κ2) is 17.7. The van der Waals surface area contributed by atoms with Crippen molar-refractivity contribution >= 4 is 40.1 Å². The van der Waals surface area contributed by atoms with Crippen LogP contribution in [0.15, 0.2) is 76.9 Å². The lowest BCUT2D eigenvalue weighted by molar-refractivity contribution is -0.143. The molecule has 6 N–H and O–H groups in total. The van der Waals surface area contributed by atoms with E-state index in [2.05, 4.69) is 15.3 Å². The van der Waals surface area contributed by atoms with Crippen molar-refractivity contribution in [1.29, 1.82) is 0 Å². The van der Waals surface area contributed by atoms with Gasteiger partial charge in [0.05, 0.1) is 18.3 Å². The molecule has 1 amide bonds. The van der Waals surface area contributed by atoms with Crippen molar-refractivity contribution in [1.82, 2.24) is 20.2 Å². The van der Waals surface area contributed by atoms with Gasteiger partial charge in [0.15, 0.2) is 11.6 Å². The van der Waals surface area contributed by atoms with Crippen molar-refractivity contribution in [2.75, 3.05) is 20.1 Å². The van der Waals surface area contributed by atoms with E-state index in [1.807, 2.05) is 54.7 Å². The van der Waals surface area contributed by atoms with E-state index in [0.717, 1.165) is 33.3 Å². The third-order valence-corrected chi connectivity index (χ3v) is 10.6. The molecule has 0 aliphatic carbocycles. The minimum atomic E-state index is -0.731. The number of nitrogens with zero attached hydrogens (tertiary/aromatic N) is 2. The zero-order valence-corrected chi connectivity index (χ0v) is 28.9. The smallest absolute Gasteiger partial charge is 0.226 e. The third-order valence-electron chi connectivity index (χ3n) is 9.41. The van der Waals surface area contributed by atoms with Gasteiger partial charge in [-0.3, -0.25) is 14.4 Å². The van der Waals surface area contributed by atoms with Gasteiger partial charge >= 0.3 is 0 Å². The van der Waals surface area contributed by atoms with Crippen molar-refractivity contribution in [2.45, 2.75) is 86.3 Å². The van der Waals surface area contributed by atoms with Gasteiger partial charge in [-0.05, 0) is 74.5 Å². The van der Waals surface area contributed by atoms with E-state index in [9.17, 15) is 18.8 Å². The number of H-pyrrole nitrogens is 1. The molecule has 5 rings (SSSR count). The van der Waals surface area contributed by atoms with Gasteiger partial charge in [0.2, 0.25) is 5.91 Å². The Morgan fingerprint density at radius 2 is 1.71 bits per heavy atom. The summed E-state index contributed by atoms with van der Waals surface area (Å²) in [5.41, 5.74) is 15.2. The van der Waals surface area contributed by atoms with Crippen LogP contribution in [-0.4, -0.2) is 64.6 Å². The average Bonchev–Trinajstić information content (AvgIpc) is 3.52. The van der Waals surface area contributed by atoms with Crippen LogP contribution in [0.25, 0.3) is 10.9 Å². The Labute approximate surface area is 291 Å². The molecule has 0 unspecified atom stereocenters. The van der Waals surface area contributed by atoms with Crippen LogP contribution in [-0.2, 0) is 33.8 Å². The van der Waals surface area contributed by atoms with E-state index in [4.69, 9.17) is 11.5 Å². The summed E-state index contributed by atoms with van der Waals surface area (Å²) in [6.07, 6.45) is 7.10. The maximum atomic E-state index is 14.5. The van der Waals surface area contributed by atoms with E-state index in [1.165, 1.54) is 24.0 Å². The Bertz CT molecular complexity index is 1750. The number of rotatable bonds is 9. The summed E-state index contributed by atoms with van der Waals surface area (Å²) in [6, 6.07) is 15.9. The maximum Gasteiger partial charge on any atom is 0.226 e. The Kier molecular flexibility index (Phi) is 13.1. The van der Waals surface area contributed by atoms with Gasteiger partial charge in [0.1, 0.15) is 10.8 Å². The molecule has 49 heavy (non-hydrogen) atoms. The molecular formula is C38H47FN6O3S. The van der Waals surface area contributed by atoms with Gasteiger partial charge in [-0.25, -0.2) is 9.37 Å². The van der Waals surface area contributed by atoms with Crippen LogP contribution < -0.4 is 16.8 Å². The van der Waals surface area contributed by atoms with E-state index < -0.39 is 23.8 Å². The number of nitrogens with one attached hydrogen (secondary N) is 2. The molecule has 0 bridgehead atoms. The number of fused-ring (bicyclic) bond motifs is 3. The van der Waals surface area contributed by atoms with Crippen molar-refractivity contribution < 1.29 is 18.8 Å². The van der Waals surface area contributed by atoms with Crippen LogP contribution in [0.1, 0.15) is 61.6 Å². The van der Waals surface area contributed by atoms with Gasteiger partial charge in [-0.2, -0.15) is 0 Å². The van der Waals surface area contributed by atoms with Crippen molar-refractivity contribution in [3.05, 3.63) is 89.5 Å². The first kappa shape index (κ1) is 36.4. The van der Waals surface area contributed by atoms with Crippen molar-refractivity contribution in [2.24, 2.45) is 17.4 Å². The van der Waals surface area contributed by atoms with Gasteiger partial charge in [-0.15, -0.1) is 0 Å². The number of hydrogen-bond acceptors (Lipinski definition) is 8. The zero-order valence-electron chi connectivity index (χ0n) is 28.1. The fraction of sp³-hybridized carbons (Fsp3) is 0.421. The highest BCUT2D eigenvalue weighted by atomic mass is 32.2. The molecule has 3 heterocycles. The molecule has 0 spiro atoms. The molecule has 2 aromatic heterocycles. The Morgan fingerprint density at radius 3 is 2.53 bits per heavy atom. The molecule has 260 valence electrons. The van der Waals surface area contributed by atoms with Gasteiger partial charge in [-0.1, -0.05) is 54.6 Å². The lowest BCUT2D eigenvalue weighted by Crippen LogP contribution is -2.47. The van der Waals surface area contributed by atoms with Crippen LogP contribution >= 0.6 is 11.8 Å². The number of aromatic amines is 1. The monoisotopic (exact) mass is 686 g/mol. The fourth-order valence-electron chi connectivity index (χ4n) is 6.61. The lowest BCUT2D eigenvalue weighted by atomic mass is 9.89. The molecule has 0 saturated heterocycles. The summed E-state index contributed by atoms with van der Waals surface area (Å²) < 4.78 is 14.5. The highest BCUT2D eigenvalue weighted by Gasteiger charge is 2.34. The van der Waals surface area contributed by atoms with Crippen LogP contribution in [0.3, 0.4) is 0 Å². The van der Waals surface area contributed by atoms with Gasteiger partial charge in [0.25, 0.3) is 0 Å². The van der Waals surface area contributed by atoms with Crippen LogP contribution in [0, 0.1) is 11.7 Å². The first-order valence-corrected chi connectivity index (χ1v) is 18.0. The summed E-state index contributed by atoms with van der Waals surface area (Å²) >= 11 is 1.42. The predicted molar refractivity (Wildman–Crippen MR) is 192 cm³/mol. The second-order valence-electron chi connectivity index (χ2n) is 12.8. The van der Waals surface area contributed by atoms with E-state index >= 15 is 0 Å². The summed E-state index contributed by atoms with van der Waals surface area (Å²) in [7, 11) is 1.69. The predicted octanol–water partition coefficient (Wildman–Crippen LogP) is 5.34. The summed E-state index contributed by atoms with van der Waals surface area (Å²) in [5.74, 6) is -1.48. The SMILES string of the molecule is CN1C(=O)[C@H](CCCCN)CC(=O)[C@H](CCCN)NCc2cc(F)cnc2Sc2ccccc2CCC(=O)[C@@H]1Cc1c[nH]c2ccccc12. The molecule has 1 aliphatic heterocycles. The number of hydrogen-bond donors (Lipinski definition) is 4. The lowest BCUT2D eigenvalue weighted by Gasteiger charge is -2.31. The van der Waals surface area contributed by atoms with Gasteiger partial charge < -0.3 is 26.7 Å². The quantitative estimate of drug-likeness (QED) is 0.173. The Hall–Kier alpha value is -3.90. The number of carbonyl (C=O) groups is 3. The average molecular weight is 687 g/mol. The highest BCUT2D eigenvalue weighted by Crippen LogP contribution is 2.33. The number of halogens is 1. The summed E-state index contributed by atoms with van der Waals surface area (Å²) in [4.78, 5) is 52.8. The molecule has 2 aromatic carbocycles. The number of benzene rings is 2. The number of pyridine rings is 1.